The van der Waals surface area contributed by atoms with E-state index in [0.29, 0.717) is 6.07 Å². The van der Waals surface area contributed by atoms with E-state index in [4.69, 9.17) is 23.4 Å². The molecule has 0 bridgehead atoms. The number of hydrogen-bond acceptors (Lipinski definition) is 2. The molecule has 0 radical (unpaired) electrons. The van der Waals surface area contributed by atoms with E-state index >= 15 is 0 Å². The predicted molar refractivity (Wildman–Crippen MR) is 43.9 cm³/mol. The van der Waals surface area contributed by atoms with Gasteiger partial charge in [0.2, 0.25) is 0 Å². The molecule has 0 saturated heterocycles. The summed E-state index contributed by atoms with van der Waals surface area (Å²) in [5.41, 5.74) is 1.52. The minimum atomic E-state index is -1.46. The summed E-state index contributed by atoms with van der Waals surface area (Å²) in [7, 11) is 0. The van der Waals surface area contributed by atoms with Gasteiger partial charge in [0.05, 0.1) is 5.69 Å². The van der Waals surface area contributed by atoms with E-state index in [1.54, 1.807) is 4.94 Å². The largest absolute Gasteiger partial charge is 0.305 e. The van der Waals surface area contributed by atoms with Crippen molar-refractivity contribution in [3.63, 3.8) is 0 Å². The first-order valence-corrected chi connectivity index (χ1v) is 3.78. The summed E-state index contributed by atoms with van der Waals surface area (Å²) >= 11 is 10.0. The van der Waals surface area contributed by atoms with Gasteiger partial charge in [-0.2, -0.15) is 0 Å². The molecule has 0 aromatic heterocycles. The maximum absolute atomic E-state index is 12.8. The van der Waals surface area contributed by atoms with Crippen LogP contribution in [0.1, 0.15) is 0 Å². The van der Waals surface area contributed by atoms with Crippen molar-refractivity contribution < 1.29 is 13.2 Å². The minimum Gasteiger partial charge on any atom is -0.305 e. The van der Waals surface area contributed by atoms with Crippen LogP contribution in [0.2, 0.25) is 5.02 Å². The standard InChI is InChI=1S/C6H3Cl2F3N2/c7-4-2(9)1-3(12-13-8)5(10)6(4)11/h1,12-13H. The average Bonchev–Trinajstić information content (AvgIpc) is 2.11. The quantitative estimate of drug-likeness (QED) is 0.354. The van der Waals surface area contributed by atoms with Crippen molar-refractivity contribution in [2.45, 2.75) is 0 Å². The Hall–Kier alpha value is -0.650. The average molecular weight is 231 g/mol. The molecule has 0 fully saturated rings. The van der Waals surface area contributed by atoms with Crippen molar-refractivity contribution in [2.24, 2.45) is 0 Å². The highest BCUT2D eigenvalue weighted by atomic mass is 35.5. The fourth-order valence-corrected chi connectivity index (χ4v) is 0.954. The van der Waals surface area contributed by atoms with Crippen molar-refractivity contribution in [3.8, 4) is 0 Å². The van der Waals surface area contributed by atoms with Gasteiger partial charge in [-0.1, -0.05) is 11.6 Å². The van der Waals surface area contributed by atoms with Gasteiger partial charge in [0.1, 0.15) is 10.8 Å². The van der Waals surface area contributed by atoms with Crippen LogP contribution in [0.3, 0.4) is 0 Å². The molecule has 1 aromatic rings. The maximum atomic E-state index is 12.8. The molecule has 13 heavy (non-hydrogen) atoms. The third-order valence-corrected chi connectivity index (χ3v) is 1.73. The number of hydrogen-bond donors (Lipinski definition) is 2. The predicted octanol–water partition coefficient (Wildman–Crippen LogP) is 2.83. The van der Waals surface area contributed by atoms with Gasteiger partial charge in [-0.15, -0.1) is 4.94 Å². The van der Waals surface area contributed by atoms with Crippen LogP contribution in [-0.4, -0.2) is 0 Å². The Balaban J connectivity index is 3.24. The summed E-state index contributed by atoms with van der Waals surface area (Å²) in [6.07, 6.45) is 0. The first-order valence-electron chi connectivity index (χ1n) is 3.02. The molecule has 0 aliphatic heterocycles. The van der Waals surface area contributed by atoms with E-state index in [2.05, 4.69) is 0 Å². The second-order valence-corrected chi connectivity index (χ2v) is 2.63. The molecule has 7 heteroatoms. The number of nitrogens with one attached hydrogen (secondary N) is 2. The van der Waals surface area contributed by atoms with E-state index in [0.717, 1.165) is 0 Å². The first-order chi connectivity index (χ1) is 6.07. The van der Waals surface area contributed by atoms with Crippen molar-refractivity contribution in [1.29, 1.82) is 0 Å². The van der Waals surface area contributed by atoms with Crippen molar-refractivity contribution >= 4 is 29.1 Å². The summed E-state index contributed by atoms with van der Waals surface area (Å²) in [5.74, 6) is -3.84. The summed E-state index contributed by atoms with van der Waals surface area (Å²) in [4.78, 5) is 1.80. The Morgan fingerprint density at radius 2 is 1.77 bits per heavy atom. The smallest absolute Gasteiger partial charge is 0.185 e. The lowest BCUT2D eigenvalue weighted by atomic mass is 10.3. The van der Waals surface area contributed by atoms with E-state index in [-0.39, 0.29) is 0 Å². The SMILES string of the molecule is Fc1cc(NNCl)c(F)c(F)c1Cl. The topological polar surface area (TPSA) is 24.1 Å². The zero-order valence-corrected chi connectivity index (χ0v) is 7.48. The highest BCUT2D eigenvalue weighted by Gasteiger charge is 2.16. The van der Waals surface area contributed by atoms with E-state index in [1.165, 1.54) is 0 Å². The minimum absolute atomic E-state index is 0.464. The molecule has 0 aliphatic carbocycles. The molecule has 0 aliphatic rings. The first kappa shape index (κ1) is 10.4. The van der Waals surface area contributed by atoms with Crippen LogP contribution < -0.4 is 10.4 Å². The van der Waals surface area contributed by atoms with Gasteiger partial charge in [-0.3, -0.25) is 0 Å². The van der Waals surface area contributed by atoms with Gasteiger partial charge in [0.25, 0.3) is 0 Å². The van der Waals surface area contributed by atoms with Gasteiger partial charge in [0.15, 0.2) is 11.6 Å². The summed E-state index contributed by atoms with van der Waals surface area (Å²) in [6.45, 7) is 0. The van der Waals surface area contributed by atoms with Gasteiger partial charge in [0, 0.05) is 6.07 Å². The van der Waals surface area contributed by atoms with Crippen molar-refractivity contribution in [2.75, 3.05) is 5.43 Å². The zero-order chi connectivity index (χ0) is 10.0. The Bertz CT molecular complexity index is 332. The third-order valence-electron chi connectivity index (χ3n) is 1.28. The van der Waals surface area contributed by atoms with Gasteiger partial charge in [-0.25, -0.2) is 13.2 Å². The van der Waals surface area contributed by atoms with Crippen LogP contribution >= 0.6 is 23.4 Å². The molecule has 1 aromatic carbocycles. The maximum Gasteiger partial charge on any atom is 0.185 e. The molecule has 0 unspecified atom stereocenters. The summed E-state index contributed by atoms with van der Waals surface area (Å²) in [6, 6.07) is 0.677. The van der Waals surface area contributed by atoms with E-state index < -0.39 is 28.2 Å². The molecule has 0 atom stereocenters. The summed E-state index contributed by atoms with van der Waals surface area (Å²) in [5, 5.41) is -0.891. The van der Waals surface area contributed by atoms with Crippen LogP contribution in [0, 0.1) is 17.5 Å². The molecule has 72 valence electrons. The second-order valence-electron chi connectivity index (χ2n) is 2.07. The van der Waals surface area contributed by atoms with Crippen LogP contribution in [-0.2, 0) is 0 Å². The molecule has 0 spiro atoms. The fourth-order valence-electron chi connectivity index (χ4n) is 0.715. The fraction of sp³-hybridized carbons (Fsp3) is 0. The normalized spacial score (nSPS) is 10.2. The second kappa shape index (κ2) is 4.04. The number of benzene rings is 1. The Labute approximate surface area is 81.7 Å². The summed E-state index contributed by atoms with van der Waals surface area (Å²) < 4.78 is 38.3. The molecule has 0 heterocycles. The molecular formula is C6H3Cl2F3N2. The van der Waals surface area contributed by atoms with Crippen molar-refractivity contribution in [1.82, 2.24) is 4.94 Å². The van der Waals surface area contributed by atoms with Gasteiger partial charge >= 0.3 is 0 Å². The van der Waals surface area contributed by atoms with Crippen LogP contribution in [0.5, 0.6) is 0 Å². The lowest BCUT2D eigenvalue weighted by Crippen LogP contribution is -2.11. The van der Waals surface area contributed by atoms with E-state index in [9.17, 15) is 13.2 Å². The number of rotatable bonds is 2. The Morgan fingerprint density at radius 3 is 2.31 bits per heavy atom. The molecular weight excluding hydrogens is 228 g/mol. The molecule has 2 N–H and O–H groups in total. The van der Waals surface area contributed by atoms with E-state index in [1.807, 2.05) is 5.43 Å². The van der Waals surface area contributed by atoms with Crippen LogP contribution in [0.15, 0.2) is 6.07 Å². The lowest BCUT2D eigenvalue weighted by Gasteiger charge is -2.06. The molecule has 0 saturated carbocycles. The zero-order valence-electron chi connectivity index (χ0n) is 5.97. The van der Waals surface area contributed by atoms with Crippen LogP contribution in [0.4, 0.5) is 18.9 Å². The number of halogens is 5. The number of anilines is 1. The molecule has 1 rings (SSSR count). The third kappa shape index (κ3) is 1.99. The van der Waals surface area contributed by atoms with Gasteiger partial charge < -0.3 is 5.43 Å². The lowest BCUT2D eigenvalue weighted by molar-refractivity contribution is 0.498. The highest BCUT2D eigenvalue weighted by Crippen LogP contribution is 2.26. The monoisotopic (exact) mass is 230 g/mol. The molecule has 2 nitrogen and oxygen atoms in total. The Kier molecular flexibility index (Phi) is 3.24. The van der Waals surface area contributed by atoms with Gasteiger partial charge in [-0.05, 0) is 11.8 Å². The van der Waals surface area contributed by atoms with Crippen molar-refractivity contribution in [3.05, 3.63) is 28.5 Å². The van der Waals surface area contributed by atoms with Crippen LogP contribution in [0.25, 0.3) is 0 Å². The molecule has 0 amide bonds. The number of hydrazine groups is 1. The Morgan fingerprint density at radius 1 is 1.15 bits per heavy atom. The highest BCUT2D eigenvalue weighted by molar-refractivity contribution is 6.31.